The van der Waals surface area contributed by atoms with Crippen LogP contribution in [-0.4, -0.2) is 63.7 Å². The first kappa shape index (κ1) is 17.1. The van der Waals surface area contributed by atoms with Crippen molar-refractivity contribution < 1.29 is 19.4 Å². The number of rotatable bonds is 5. The number of amides is 1. The van der Waals surface area contributed by atoms with Gasteiger partial charge in [-0.1, -0.05) is 5.21 Å². The number of likely N-dealkylation sites (tertiary alicyclic amines) is 1. The summed E-state index contributed by atoms with van der Waals surface area (Å²) in [6.07, 6.45) is 4.44. The topological polar surface area (TPSA) is 97.6 Å². The minimum atomic E-state index is -1.04. The van der Waals surface area contributed by atoms with Gasteiger partial charge in [-0.05, 0) is 37.1 Å². The molecule has 1 aliphatic heterocycles. The van der Waals surface area contributed by atoms with E-state index in [9.17, 15) is 14.7 Å². The number of hydrogen-bond acceptors (Lipinski definition) is 5. The Morgan fingerprint density at radius 1 is 1.32 bits per heavy atom. The lowest BCUT2D eigenvalue weighted by Gasteiger charge is -2.39. The second kappa shape index (κ2) is 7.02. The SMILES string of the molecule is COCC1(C(=O)O)CCCN(C(=O)c2ccc(-n3ccnn3)cc2)C1. The molecule has 132 valence electrons. The molecule has 1 N–H and O–H groups in total. The number of carbonyl (C=O) groups excluding carboxylic acids is 1. The maximum Gasteiger partial charge on any atom is 0.313 e. The second-order valence-corrected chi connectivity index (χ2v) is 6.24. The Morgan fingerprint density at radius 3 is 2.68 bits per heavy atom. The molecule has 0 saturated carbocycles. The van der Waals surface area contributed by atoms with Gasteiger partial charge in [0.25, 0.3) is 5.91 Å². The number of carboxylic acid groups (broad SMARTS) is 1. The van der Waals surface area contributed by atoms with Crippen molar-refractivity contribution in [1.82, 2.24) is 19.9 Å². The van der Waals surface area contributed by atoms with E-state index in [0.717, 1.165) is 5.69 Å². The number of piperidine rings is 1. The molecular weight excluding hydrogens is 324 g/mol. The average molecular weight is 344 g/mol. The van der Waals surface area contributed by atoms with Gasteiger partial charge in [0.1, 0.15) is 5.41 Å². The fourth-order valence-corrected chi connectivity index (χ4v) is 3.22. The number of aromatic nitrogens is 3. The Labute approximate surface area is 145 Å². The number of benzene rings is 1. The molecule has 1 amide bonds. The van der Waals surface area contributed by atoms with Gasteiger partial charge in [0.05, 0.1) is 24.7 Å². The molecular formula is C17H20N4O4. The quantitative estimate of drug-likeness (QED) is 0.876. The Balaban J connectivity index is 1.77. The van der Waals surface area contributed by atoms with Crippen LogP contribution in [0.2, 0.25) is 0 Å². The van der Waals surface area contributed by atoms with E-state index in [1.54, 1.807) is 46.2 Å². The van der Waals surface area contributed by atoms with E-state index in [2.05, 4.69) is 10.3 Å². The van der Waals surface area contributed by atoms with Crippen molar-refractivity contribution >= 4 is 11.9 Å². The van der Waals surface area contributed by atoms with Gasteiger partial charge >= 0.3 is 5.97 Å². The van der Waals surface area contributed by atoms with Gasteiger partial charge in [0.2, 0.25) is 0 Å². The molecule has 1 fully saturated rings. The van der Waals surface area contributed by atoms with Crippen LogP contribution in [0.5, 0.6) is 0 Å². The third-order valence-corrected chi connectivity index (χ3v) is 4.54. The lowest BCUT2D eigenvalue weighted by atomic mass is 9.80. The first-order valence-corrected chi connectivity index (χ1v) is 8.04. The van der Waals surface area contributed by atoms with Crippen LogP contribution < -0.4 is 0 Å². The highest BCUT2D eigenvalue weighted by molar-refractivity contribution is 5.95. The summed E-state index contributed by atoms with van der Waals surface area (Å²) >= 11 is 0. The van der Waals surface area contributed by atoms with Gasteiger partial charge < -0.3 is 14.7 Å². The minimum absolute atomic E-state index is 0.0946. The number of nitrogens with zero attached hydrogens (tertiary/aromatic N) is 4. The number of hydrogen-bond donors (Lipinski definition) is 1. The van der Waals surface area contributed by atoms with Crippen LogP contribution in [0.4, 0.5) is 0 Å². The van der Waals surface area contributed by atoms with Crippen LogP contribution in [-0.2, 0) is 9.53 Å². The maximum absolute atomic E-state index is 12.8. The second-order valence-electron chi connectivity index (χ2n) is 6.24. The Morgan fingerprint density at radius 2 is 2.08 bits per heavy atom. The Bertz CT molecular complexity index is 741. The van der Waals surface area contributed by atoms with Crippen molar-refractivity contribution in [3.63, 3.8) is 0 Å². The summed E-state index contributed by atoms with van der Waals surface area (Å²) in [6.45, 7) is 0.791. The van der Waals surface area contributed by atoms with Gasteiger partial charge in [-0.25, -0.2) is 4.68 Å². The fraction of sp³-hybridized carbons (Fsp3) is 0.412. The van der Waals surface area contributed by atoms with E-state index in [1.807, 2.05) is 0 Å². The predicted molar refractivity (Wildman–Crippen MR) is 88.4 cm³/mol. The van der Waals surface area contributed by atoms with Gasteiger partial charge in [-0.2, -0.15) is 0 Å². The summed E-state index contributed by atoms with van der Waals surface area (Å²) in [5.41, 5.74) is 0.276. The van der Waals surface area contributed by atoms with E-state index in [-0.39, 0.29) is 19.1 Å². The maximum atomic E-state index is 12.8. The van der Waals surface area contributed by atoms with Gasteiger partial charge in [0.15, 0.2) is 0 Å². The molecule has 1 aliphatic rings. The molecule has 0 aliphatic carbocycles. The first-order valence-electron chi connectivity index (χ1n) is 8.04. The highest BCUT2D eigenvalue weighted by Gasteiger charge is 2.43. The third-order valence-electron chi connectivity index (χ3n) is 4.54. The molecule has 2 heterocycles. The minimum Gasteiger partial charge on any atom is -0.481 e. The van der Waals surface area contributed by atoms with Crippen molar-refractivity contribution in [3.8, 4) is 5.69 Å². The van der Waals surface area contributed by atoms with Crippen LogP contribution in [0.15, 0.2) is 36.7 Å². The summed E-state index contributed by atoms with van der Waals surface area (Å²) in [6, 6.07) is 7.00. The first-order chi connectivity index (χ1) is 12.1. The lowest BCUT2D eigenvalue weighted by molar-refractivity contribution is -0.155. The standard InChI is InChI=1S/C17H20N4O4/c1-25-12-17(16(23)24)7-2-9-20(11-17)15(22)13-3-5-14(6-4-13)21-10-8-18-19-21/h3-6,8,10H,2,7,9,11-12H2,1H3,(H,23,24). The molecule has 0 radical (unpaired) electrons. The summed E-state index contributed by atoms with van der Waals surface area (Å²) in [5, 5.41) is 17.3. The number of carbonyl (C=O) groups is 2. The number of carboxylic acids is 1. The van der Waals surface area contributed by atoms with E-state index in [4.69, 9.17) is 4.74 Å². The van der Waals surface area contributed by atoms with Gasteiger partial charge in [-0.15, -0.1) is 5.10 Å². The molecule has 1 aromatic heterocycles. The van der Waals surface area contributed by atoms with Crippen LogP contribution in [0, 0.1) is 5.41 Å². The lowest BCUT2D eigenvalue weighted by Crippen LogP contribution is -2.52. The summed E-state index contributed by atoms with van der Waals surface area (Å²) in [4.78, 5) is 26.1. The highest BCUT2D eigenvalue weighted by Crippen LogP contribution is 2.31. The third kappa shape index (κ3) is 3.39. The fourth-order valence-electron chi connectivity index (χ4n) is 3.22. The van der Waals surface area contributed by atoms with Crippen LogP contribution in [0.25, 0.3) is 5.69 Å². The molecule has 1 unspecified atom stereocenters. The molecule has 0 bridgehead atoms. The molecule has 1 saturated heterocycles. The molecule has 0 spiro atoms. The molecule has 3 rings (SSSR count). The van der Waals surface area contributed by atoms with Crippen LogP contribution in [0.1, 0.15) is 23.2 Å². The zero-order valence-electron chi connectivity index (χ0n) is 14.0. The average Bonchev–Trinajstić information content (AvgIpc) is 3.16. The van der Waals surface area contributed by atoms with E-state index >= 15 is 0 Å². The summed E-state index contributed by atoms with van der Waals surface area (Å²) < 4.78 is 6.70. The summed E-state index contributed by atoms with van der Waals surface area (Å²) in [7, 11) is 1.48. The molecule has 8 nitrogen and oxygen atoms in total. The van der Waals surface area contributed by atoms with Crippen molar-refractivity contribution in [3.05, 3.63) is 42.2 Å². The van der Waals surface area contributed by atoms with Crippen molar-refractivity contribution in [2.75, 3.05) is 26.8 Å². The van der Waals surface area contributed by atoms with E-state index in [1.165, 1.54) is 7.11 Å². The zero-order valence-corrected chi connectivity index (χ0v) is 14.0. The van der Waals surface area contributed by atoms with Gasteiger partial charge in [-0.3, -0.25) is 9.59 Å². The highest BCUT2D eigenvalue weighted by atomic mass is 16.5. The monoisotopic (exact) mass is 344 g/mol. The number of ether oxygens (including phenoxy) is 1. The smallest absolute Gasteiger partial charge is 0.313 e. The Hall–Kier alpha value is -2.74. The molecule has 2 aromatic rings. The van der Waals surface area contributed by atoms with E-state index < -0.39 is 11.4 Å². The van der Waals surface area contributed by atoms with E-state index in [0.29, 0.717) is 24.9 Å². The van der Waals surface area contributed by atoms with Crippen LogP contribution >= 0.6 is 0 Å². The summed E-state index contributed by atoms with van der Waals surface area (Å²) in [5.74, 6) is -1.10. The van der Waals surface area contributed by atoms with Crippen LogP contribution in [0.3, 0.4) is 0 Å². The Kier molecular flexibility index (Phi) is 4.80. The predicted octanol–water partition coefficient (Wildman–Crippen LogP) is 1.22. The van der Waals surface area contributed by atoms with Crippen molar-refractivity contribution in [1.29, 1.82) is 0 Å². The van der Waals surface area contributed by atoms with Crippen molar-refractivity contribution in [2.45, 2.75) is 12.8 Å². The zero-order chi connectivity index (χ0) is 17.9. The molecule has 1 atom stereocenters. The van der Waals surface area contributed by atoms with Crippen molar-refractivity contribution in [2.24, 2.45) is 5.41 Å². The molecule has 25 heavy (non-hydrogen) atoms. The molecule has 8 heteroatoms. The van der Waals surface area contributed by atoms with Gasteiger partial charge in [0, 0.05) is 25.8 Å². The normalized spacial score (nSPS) is 20.4. The largest absolute Gasteiger partial charge is 0.481 e. The number of methoxy groups -OCH3 is 1. The molecule has 1 aromatic carbocycles. The number of aliphatic carboxylic acids is 1.